The van der Waals surface area contributed by atoms with Gasteiger partial charge in [-0.2, -0.15) is 4.31 Å². The summed E-state index contributed by atoms with van der Waals surface area (Å²) in [5.41, 5.74) is 5.84. The predicted octanol–water partition coefficient (Wildman–Crippen LogP) is 2.29. The van der Waals surface area contributed by atoms with E-state index in [2.05, 4.69) is 17.2 Å². The molecule has 0 aromatic rings. The van der Waals surface area contributed by atoms with Gasteiger partial charge in [0.1, 0.15) is 0 Å². The van der Waals surface area contributed by atoms with Gasteiger partial charge in [0.15, 0.2) is 5.96 Å². The van der Waals surface area contributed by atoms with Crippen LogP contribution in [0.2, 0.25) is 0 Å². The van der Waals surface area contributed by atoms with Crippen LogP contribution < -0.4 is 11.1 Å². The smallest absolute Gasteiger partial charge is 0.211 e. The lowest BCUT2D eigenvalue weighted by atomic mass is 10.1. The van der Waals surface area contributed by atoms with Gasteiger partial charge in [0.25, 0.3) is 0 Å². The minimum Gasteiger partial charge on any atom is -0.370 e. The lowest BCUT2D eigenvalue weighted by molar-refractivity contribution is 0.397. The molecule has 1 rings (SSSR count). The molecule has 1 aliphatic rings. The van der Waals surface area contributed by atoms with Gasteiger partial charge in [-0.1, -0.05) is 39.0 Å². The largest absolute Gasteiger partial charge is 0.370 e. The zero-order valence-electron chi connectivity index (χ0n) is 14.5. The first kappa shape index (κ1) is 22.9. The van der Waals surface area contributed by atoms with Gasteiger partial charge in [0.05, 0.1) is 12.8 Å². The number of halogens is 1. The maximum Gasteiger partial charge on any atom is 0.211 e. The van der Waals surface area contributed by atoms with Crippen molar-refractivity contribution >= 4 is 40.0 Å². The summed E-state index contributed by atoms with van der Waals surface area (Å²) in [5, 5.41) is 3.11. The topological polar surface area (TPSA) is 87.8 Å². The van der Waals surface area contributed by atoms with Crippen LogP contribution in [0.15, 0.2) is 4.99 Å². The van der Waals surface area contributed by atoms with Crippen LogP contribution in [-0.2, 0) is 10.0 Å². The molecular weight excluding hydrogens is 427 g/mol. The van der Waals surface area contributed by atoms with Crippen LogP contribution in [0.4, 0.5) is 0 Å². The van der Waals surface area contributed by atoms with Gasteiger partial charge in [0, 0.05) is 19.1 Å². The summed E-state index contributed by atoms with van der Waals surface area (Å²) in [6.45, 7) is 4.10. The van der Waals surface area contributed by atoms with Gasteiger partial charge in [-0.05, 0) is 19.3 Å². The number of sulfonamides is 1. The molecule has 1 saturated heterocycles. The van der Waals surface area contributed by atoms with Crippen molar-refractivity contribution in [2.24, 2.45) is 10.7 Å². The summed E-state index contributed by atoms with van der Waals surface area (Å²) >= 11 is 0. The minimum atomic E-state index is -3.13. The van der Waals surface area contributed by atoms with E-state index < -0.39 is 10.0 Å². The summed E-state index contributed by atoms with van der Waals surface area (Å²) in [5.74, 6) is 0.425. The fraction of sp³-hybridized carbons (Fsp3) is 0.933. The number of nitrogens with two attached hydrogens (primary N) is 1. The van der Waals surface area contributed by atoms with Crippen molar-refractivity contribution < 1.29 is 8.42 Å². The second-order valence-electron chi connectivity index (χ2n) is 6.09. The summed E-state index contributed by atoms with van der Waals surface area (Å²) in [7, 11) is -3.13. The van der Waals surface area contributed by atoms with Gasteiger partial charge in [-0.15, -0.1) is 24.0 Å². The Bertz CT molecular complexity index is 443. The number of hydrogen-bond acceptors (Lipinski definition) is 3. The number of unbranched alkanes of at least 4 members (excludes halogenated alkanes) is 5. The van der Waals surface area contributed by atoms with E-state index in [1.165, 1.54) is 42.7 Å². The molecule has 0 aliphatic carbocycles. The second kappa shape index (κ2) is 12.3. The molecule has 0 saturated carbocycles. The van der Waals surface area contributed by atoms with Crippen molar-refractivity contribution in [1.29, 1.82) is 0 Å². The molecule has 0 bridgehead atoms. The Kier molecular flexibility index (Phi) is 12.2. The van der Waals surface area contributed by atoms with Crippen molar-refractivity contribution in [2.45, 2.75) is 64.3 Å². The molecule has 0 radical (unpaired) electrons. The Morgan fingerprint density at radius 2 is 1.91 bits per heavy atom. The van der Waals surface area contributed by atoms with E-state index in [9.17, 15) is 8.42 Å². The van der Waals surface area contributed by atoms with E-state index in [1.807, 2.05) is 0 Å². The molecular formula is C15H33IN4O2S. The average Bonchev–Trinajstić information content (AvgIpc) is 2.92. The highest BCUT2D eigenvalue weighted by Gasteiger charge is 2.30. The zero-order chi connectivity index (χ0) is 16.4. The van der Waals surface area contributed by atoms with Gasteiger partial charge in [-0.25, -0.2) is 8.42 Å². The molecule has 0 unspecified atom stereocenters. The molecule has 1 heterocycles. The maximum absolute atomic E-state index is 11.6. The number of nitrogens with one attached hydrogen (secondary N) is 1. The highest BCUT2D eigenvalue weighted by molar-refractivity contribution is 14.0. The molecule has 1 fully saturated rings. The van der Waals surface area contributed by atoms with Gasteiger partial charge >= 0.3 is 0 Å². The fourth-order valence-corrected chi connectivity index (χ4v) is 3.98. The Balaban J connectivity index is 0.00000484. The minimum absolute atomic E-state index is 0. The van der Waals surface area contributed by atoms with Crippen LogP contribution >= 0.6 is 24.0 Å². The molecule has 3 N–H and O–H groups in total. The molecule has 6 nitrogen and oxygen atoms in total. The average molecular weight is 460 g/mol. The monoisotopic (exact) mass is 460 g/mol. The van der Waals surface area contributed by atoms with E-state index in [0.717, 1.165) is 25.8 Å². The third-order valence-corrected chi connectivity index (χ3v) is 5.39. The van der Waals surface area contributed by atoms with Crippen LogP contribution in [0.3, 0.4) is 0 Å². The number of nitrogens with zero attached hydrogens (tertiary/aromatic N) is 2. The summed E-state index contributed by atoms with van der Waals surface area (Å²) in [6, 6.07) is -0.0376. The van der Waals surface area contributed by atoms with Crippen LogP contribution in [0.25, 0.3) is 0 Å². The van der Waals surface area contributed by atoms with Gasteiger partial charge < -0.3 is 11.1 Å². The normalized spacial score (nSPS) is 19.6. The van der Waals surface area contributed by atoms with Gasteiger partial charge in [0.2, 0.25) is 10.0 Å². The van der Waals surface area contributed by atoms with E-state index in [1.54, 1.807) is 0 Å². The molecule has 23 heavy (non-hydrogen) atoms. The molecule has 1 atom stereocenters. The van der Waals surface area contributed by atoms with Crippen LogP contribution in [0.1, 0.15) is 58.3 Å². The molecule has 0 spiro atoms. The van der Waals surface area contributed by atoms with E-state index >= 15 is 0 Å². The molecule has 0 amide bonds. The van der Waals surface area contributed by atoms with Crippen LogP contribution in [-0.4, -0.2) is 50.6 Å². The van der Waals surface area contributed by atoms with Crippen molar-refractivity contribution in [3.63, 3.8) is 0 Å². The molecule has 138 valence electrons. The summed E-state index contributed by atoms with van der Waals surface area (Å²) in [6.07, 6.45) is 10.5. The Labute approximate surface area is 158 Å². The Morgan fingerprint density at radius 1 is 1.26 bits per heavy atom. The number of guanidine groups is 1. The van der Waals surface area contributed by atoms with E-state index in [4.69, 9.17) is 5.73 Å². The highest BCUT2D eigenvalue weighted by Crippen LogP contribution is 2.20. The third kappa shape index (κ3) is 9.71. The number of hydrogen-bond donors (Lipinski definition) is 2. The zero-order valence-corrected chi connectivity index (χ0v) is 17.6. The van der Waals surface area contributed by atoms with Crippen molar-refractivity contribution in [2.75, 3.05) is 25.9 Å². The first-order valence-electron chi connectivity index (χ1n) is 8.45. The number of rotatable bonds is 10. The maximum atomic E-state index is 11.6. The lowest BCUT2D eigenvalue weighted by Crippen LogP contribution is -2.38. The molecule has 0 aromatic carbocycles. The first-order chi connectivity index (χ1) is 10.4. The van der Waals surface area contributed by atoms with E-state index in [0.29, 0.717) is 19.0 Å². The quantitative estimate of drug-likeness (QED) is 0.227. The molecule has 8 heteroatoms. The van der Waals surface area contributed by atoms with Crippen molar-refractivity contribution in [1.82, 2.24) is 9.62 Å². The number of aliphatic imine (C=N–C) groups is 1. The molecule has 0 aromatic heterocycles. The summed E-state index contributed by atoms with van der Waals surface area (Å²) in [4.78, 5) is 4.29. The second-order valence-corrected chi connectivity index (χ2v) is 8.03. The van der Waals surface area contributed by atoms with Crippen LogP contribution in [0, 0.1) is 0 Å². The Hall–Kier alpha value is -0.0900. The lowest BCUT2D eigenvalue weighted by Gasteiger charge is -2.20. The van der Waals surface area contributed by atoms with Crippen molar-refractivity contribution in [3.05, 3.63) is 0 Å². The van der Waals surface area contributed by atoms with Gasteiger partial charge in [-0.3, -0.25) is 4.99 Å². The Morgan fingerprint density at radius 3 is 2.57 bits per heavy atom. The summed E-state index contributed by atoms with van der Waals surface area (Å²) < 4.78 is 24.8. The third-order valence-electron chi connectivity index (χ3n) is 4.06. The molecule has 1 aliphatic heterocycles. The highest BCUT2D eigenvalue weighted by atomic mass is 127. The fourth-order valence-electron chi connectivity index (χ4n) is 2.81. The van der Waals surface area contributed by atoms with E-state index in [-0.39, 0.29) is 30.0 Å². The predicted molar refractivity (Wildman–Crippen MR) is 108 cm³/mol. The standard InChI is InChI=1S/C15H32N4O2S.HI/c1-3-4-5-6-7-8-11-17-15(16)18-13-14-10-9-12-19(14)22(2,20)21;/h14H,3-13H2,1-2H3,(H3,16,17,18);1H/t14-;/m1./s1. The SMILES string of the molecule is CCCCCCCCNC(N)=NC[C@H]1CCCN1S(C)(=O)=O.I. The first-order valence-corrected chi connectivity index (χ1v) is 10.3. The van der Waals surface area contributed by atoms with Crippen molar-refractivity contribution in [3.8, 4) is 0 Å². The van der Waals surface area contributed by atoms with Crippen LogP contribution in [0.5, 0.6) is 0 Å².